The summed E-state index contributed by atoms with van der Waals surface area (Å²) in [7, 11) is 1.80. The molecule has 0 fully saturated rings. The molecule has 0 amide bonds. The second-order valence-corrected chi connectivity index (χ2v) is 8.28. The minimum Gasteiger partial charge on any atom is -0.356 e. The summed E-state index contributed by atoms with van der Waals surface area (Å²) in [6, 6.07) is 5.41. The molecule has 0 aliphatic rings. The van der Waals surface area contributed by atoms with Crippen molar-refractivity contribution >= 4 is 16.7 Å². The van der Waals surface area contributed by atoms with Crippen LogP contribution in [0.1, 0.15) is 18.7 Å². The molecular weight excluding hydrogens is 451 g/mol. The zero-order valence-electron chi connectivity index (χ0n) is 19.2. The van der Waals surface area contributed by atoms with Crippen LogP contribution in [-0.2, 0) is 7.05 Å². The Morgan fingerprint density at radius 2 is 1.94 bits per heavy atom. The molecule has 5 aromatic rings. The van der Waals surface area contributed by atoms with E-state index in [1.54, 1.807) is 62.4 Å². The third kappa shape index (κ3) is 3.86. The van der Waals surface area contributed by atoms with E-state index in [1.165, 1.54) is 10.8 Å². The van der Waals surface area contributed by atoms with E-state index < -0.39 is 17.3 Å². The molecule has 0 saturated carbocycles. The van der Waals surface area contributed by atoms with Crippen LogP contribution in [0, 0.1) is 23.6 Å². The molecule has 5 aromatic heterocycles. The standard InChI is InChI=1S/C24H21FN8O2/c1-13-6-21(35-30-13)16-8-19(25)23(27)33(12-16)22(26)14(2)32-5-4-20-18(24(32)34)7-15(9-28-20)17-10-29-31(3)11-17/h4-12,14,26-27H,1-3H3. The summed E-state index contributed by atoms with van der Waals surface area (Å²) in [4.78, 5) is 17.8. The number of aromatic nitrogens is 6. The summed E-state index contributed by atoms with van der Waals surface area (Å²) < 4.78 is 23.9. The molecule has 0 aliphatic heterocycles. The fraction of sp³-hybridized carbons (Fsp3) is 0.167. The summed E-state index contributed by atoms with van der Waals surface area (Å²) in [6.07, 6.45) is 8.17. The summed E-state index contributed by atoms with van der Waals surface area (Å²) in [5.41, 5.74) is 2.16. The van der Waals surface area contributed by atoms with Crippen LogP contribution in [0.25, 0.3) is 33.4 Å². The second-order valence-electron chi connectivity index (χ2n) is 8.28. The lowest BCUT2D eigenvalue weighted by molar-refractivity contribution is 0.426. The Balaban J connectivity index is 1.57. The smallest absolute Gasteiger partial charge is 0.260 e. The summed E-state index contributed by atoms with van der Waals surface area (Å²) >= 11 is 0. The molecule has 35 heavy (non-hydrogen) atoms. The molecule has 0 spiro atoms. The average molecular weight is 472 g/mol. The van der Waals surface area contributed by atoms with Gasteiger partial charge in [-0.05, 0) is 32.0 Å². The Morgan fingerprint density at radius 1 is 1.14 bits per heavy atom. The van der Waals surface area contributed by atoms with Crippen molar-refractivity contribution in [2.24, 2.45) is 7.05 Å². The van der Waals surface area contributed by atoms with Gasteiger partial charge in [0.25, 0.3) is 5.56 Å². The van der Waals surface area contributed by atoms with Gasteiger partial charge in [-0.25, -0.2) is 4.39 Å². The number of fused-ring (bicyclic) bond motifs is 1. The number of rotatable bonds is 4. The van der Waals surface area contributed by atoms with Crippen LogP contribution in [0.15, 0.2) is 64.6 Å². The molecule has 5 rings (SSSR count). The Labute approximate surface area is 197 Å². The summed E-state index contributed by atoms with van der Waals surface area (Å²) in [5, 5.41) is 25.2. The number of hydrogen-bond acceptors (Lipinski definition) is 7. The molecule has 0 bridgehead atoms. The molecule has 1 atom stereocenters. The lowest BCUT2D eigenvalue weighted by Crippen LogP contribution is -2.36. The van der Waals surface area contributed by atoms with Crippen molar-refractivity contribution in [2.45, 2.75) is 19.9 Å². The van der Waals surface area contributed by atoms with Gasteiger partial charge in [-0.2, -0.15) is 5.10 Å². The predicted molar refractivity (Wildman–Crippen MR) is 127 cm³/mol. The van der Waals surface area contributed by atoms with Gasteiger partial charge in [-0.15, -0.1) is 0 Å². The molecule has 2 N–H and O–H groups in total. The Morgan fingerprint density at radius 3 is 2.63 bits per heavy atom. The number of pyridine rings is 3. The predicted octanol–water partition coefficient (Wildman–Crippen LogP) is 3.27. The maximum absolute atomic E-state index is 14.6. The molecule has 0 aliphatic carbocycles. The number of hydrogen-bond donors (Lipinski definition) is 2. The Hall–Kier alpha value is -4.67. The highest BCUT2D eigenvalue weighted by molar-refractivity contribution is 5.87. The molecule has 5 heterocycles. The van der Waals surface area contributed by atoms with Gasteiger partial charge in [0.2, 0.25) is 0 Å². The Bertz CT molecular complexity index is 1730. The summed E-state index contributed by atoms with van der Waals surface area (Å²) in [5.74, 6) is -0.679. The third-order valence-corrected chi connectivity index (χ3v) is 5.82. The molecular formula is C24H21FN8O2. The fourth-order valence-electron chi connectivity index (χ4n) is 3.89. The highest BCUT2D eigenvalue weighted by Crippen LogP contribution is 2.22. The fourth-order valence-corrected chi connectivity index (χ4v) is 3.89. The SMILES string of the molecule is Cc1cc(-c2cc(F)c(=N)n(C(=N)C(C)n3ccc4ncc(-c5cnn(C)c5)cc4c3=O)c2)on1. The first-order chi connectivity index (χ1) is 16.7. The quantitative estimate of drug-likeness (QED) is 0.306. The van der Waals surface area contributed by atoms with Crippen molar-refractivity contribution in [3.8, 4) is 22.5 Å². The van der Waals surface area contributed by atoms with Crippen molar-refractivity contribution in [3.63, 3.8) is 0 Å². The third-order valence-electron chi connectivity index (χ3n) is 5.82. The normalized spacial score (nSPS) is 12.2. The minimum atomic E-state index is -0.829. The lowest BCUT2D eigenvalue weighted by atomic mass is 10.1. The highest BCUT2D eigenvalue weighted by atomic mass is 19.1. The number of nitrogens with one attached hydrogen (secondary N) is 2. The van der Waals surface area contributed by atoms with Gasteiger partial charge in [0, 0.05) is 54.6 Å². The van der Waals surface area contributed by atoms with Gasteiger partial charge in [-0.1, -0.05) is 5.16 Å². The van der Waals surface area contributed by atoms with Crippen molar-refractivity contribution in [1.29, 1.82) is 10.8 Å². The van der Waals surface area contributed by atoms with Crippen molar-refractivity contribution in [3.05, 3.63) is 82.6 Å². The molecule has 0 radical (unpaired) electrons. The lowest BCUT2D eigenvalue weighted by Gasteiger charge is -2.19. The molecule has 0 aromatic carbocycles. The molecule has 1 unspecified atom stereocenters. The van der Waals surface area contributed by atoms with Gasteiger partial charge in [0.1, 0.15) is 5.84 Å². The molecule has 10 nitrogen and oxygen atoms in total. The molecule has 11 heteroatoms. The van der Waals surface area contributed by atoms with Crippen LogP contribution >= 0.6 is 0 Å². The summed E-state index contributed by atoms with van der Waals surface area (Å²) in [6.45, 7) is 3.38. The van der Waals surface area contributed by atoms with E-state index >= 15 is 0 Å². The van der Waals surface area contributed by atoms with Crippen LogP contribution in [0.4, 0.5) is 4.39 Å². The van der Waals surface area contributed by atoms with Gasteiger partial charge >= 0.3 is 0 Å². The first kappa shape index (κ1) is 22.1. The highest BCUT2D eigenvalue weighted by Gasteiger charge is 2.19. The van der Waals surface area contributed by atoms with Crippen LogP contribution in [0.5, 0.6) is 0 Å². The van der Waals surface area contributed by atoms with E-state index in [2.05, 4.69) is 15.2 Å². The monoisotopic (exact) mass is 472 g/mol. The maximum Gasteiger partial charge on any atom is 0.260 e. The zero-order valence-corrected chi connectivity index (χ0v) is 19.2. The number of aryl methyl sites for hydroxylation is 2. The van der Waals surface area contributed by atoms with Gasteiger partial charge < -0.3 is 9.09 Å². The first-order valence-electron chi connectivity index (χ1n) is 10.7. The minimum absolute atomic E-state index is 0.162. The topological polar surface area (TPSA) is 131 Å². The van der Waals surface area contributed by atoms with Crippen LogP contribution in [-0.4, -0.2) is 34.9 Å². The van der Waals surface area contributed by atoms with Gasteiger partial charge in [-0.3, -0.25) is 29.8 Å². The van der Waals surface area contributed by atoms with E-state index in [1.807, 2.05) is 6.20 Å². The van der Waals surface area contributed by atoms with E-state index in [4.69, 9.17) is 15.3 Å². The number of halogens is 1. The van der Waals surface area contributed by atoms with E-state index in [0.717, 1.165) is 21.8 Å². The zero-order chi connectivity index (χ0) is 24.9. The van der Waals surface area contributed by atoms with E-state index in [9.17, 15) is 9.18 Å². The van der Waals surface area contributed by atoms with E-state index in [-0.39, 0.29) is 11.4 Å². The van der Waals surface area contributed by atoms with Gasteiger partial charge in [0.15, 0.2) is 17.1 Å². The maximum atomic E-state index is 14.6. The largest absolute Gasteiger partial charge is 0.356 e. The molecule has 176 valence electrons. The van der Waals surface area contributed by atoms with Crippen molar-refractivity contribution in [2.75, 3.05) is 0 Å². The van der Waals surface area contributed by atoms with Crippen LogP contribution in [0.3, 0.4) is 0 Å². The van der Waals surface area contributed by atoms with Gasteiger partial charge in [0.05, 0.1) is 28.8 Å². The average Bonchev–Trinajstić information content (AvgIpc) is 3.48. The van der Waals surface area contributed by atoms with E-state index in [0.29, 0.717) is 27.9 Å². The van der Waals surface area contributed by atoms with Crippen molar-refractivity contribution < 1.29 is 8.91 Å². The first-order valence-corrected chi connectivity index (χ1v) is 10.7. The molecule has 0 saturated heterocycles. The van der Waals surface area contributed by atoms with Crippen molar-refractivity contribution in [1.82, 2.24) is 29.1 Å². The number of nitrogens with zero attached hydrogens (tertiary/aromatic N) is 6. The van der Waals surface area contributed by atoms with Crippen LogP contribution in [0.2, 0.25) is 0 Å². The second kappa shape index (κ2) is 8.28. The van der Waals surface area contributed by atoms with Crippen LogP contribution < -0.4 is 11.0 Å². The Kier molecular flexibility index (Phi) is 5.24.